The molecule has 0 saturated heterocycles. The van der Waals surface area contributed by atoms with E-state index < -0.39 is 0 Å². The van der Waals surface area contributed by atoms with E-state index in [1.165, 1.54) is 29.5 Å². The Balaban J connectivity index is 1.80. The molecule has 0 aliphatic carbocycles. The number of methoxy groups -OCH3 is 1. The van der Waals surface area contributed by atoms with E-state index in [-0.39, 0.29) is 16.6 Å². The zero-order valence-corrected chi connectivity index (χ0v) is 17.2. The monoisotopic (exact) mass is 416 g/mol. The molecule has 28 heavy (non-hydrogen) atoms. The summed E-state index contributed by atoms with van der Waals surface area (Å²) in [6, 6.07) is 9.78. The largest absolute Gasteiger partial charge is 0.469 e. The van der Waals surface area contributed by atoms with Gasteiger partial charge in [0.25, 0.3) is 5.56 Å². The van der Waals surface area contributed by atoms with Crippen molar-refractivity contribution in [3.63, 3.8) is 0 Å². The number of hydrogen-bond donors (Lipinski definition) is 2. The first-order valence-corrected chi connectivity index (χ1v) is 9.91. The molecule has 146 valence electrons. The van der Waals surface area contributed by atoms with Gasteiger partial charge in [-0.25, -0.2) is 9.66 Å². The Bertz CT molecular complexity index is 1060. The van der Waals surface area contributed by atoms with Crippen molar-refractivity contribution in [1.82, 2.24) is 15.0 Å². The number of carbonyl (C=O) groups excluding carboxylic acids is 1. The van der Waals surface area contributed by atoms with Crippen LogP contribution < -0.4 is 16.3 Å². The zero-order chi connectivity index (χ0) is 20.1. The number of benzene rings is 1. The summed E-state index contributed by atoms with van der Waals surface area (Å²) in [5, 5.41) is 3.81. The predicted molar refractivity (Wildman–Crippen MR) is 115 cm³/mol. The number of rotatable bonds is 6. The minimum atomic E-state index is -0.271. The smallest absolute Gasteiger partial charge is 0.305 e. The van der Waals surface area contributed by atoms with E-state index in [4.69, 9.17) is 12.2 Å². The van der Waals surface area contributed by atoms with E-state index in [0.717, 1.165) is 16.0 Å². The Morgan fingerprint density at radius 1 is 1.32 bits per heavy atom. The molecule has 0 fully saturated rings. The summed E-state index contributed by atoms with van der Waals surface area (Å²) in [6.45, 7) is 2.47. The van der Waals surface area contributed by atoms with Gasteiger partial charge < -0.3 is 10.1 Å². The van der Waals surface area contributed by atoms with Gasteiger partial charge in [-0.3, -0.25) is 15.0 Å². The number of thiocarbonyl (C=S) groups is 1. The summed E-state index contributed by atoms with van der Waals surface area (Å²) in [5.41, 5.74) is 4.50. The second-order valence-electron chi connectivity index (χ2n) is 6.05. The molecule has 2 aromatic heterocycles. The number of nitrogens with one attached hydrogen (secondary N) is 2. The minimum Gasteiger partial charge on any atom is -0.469 e. The molecule has 0 saturated carbocycles. The highest BCUT2D eigenvalue weighted by molar-refractivity contribution is 7.80. The van der Waals surface area contributed by atoms with Crippen molar-refractivity contribution in [1.29, 1.82) is 0 Å². The van der Waals surface area contributed by atoms with Crippen molar-refractivity contribution in [2.24, 2.45) is 0 Å². The Morgan fingerprint density at radius 3 is 2.79 bits per heavy atom. The number of fused-ring (bicyclic) bond motifs is 1. The fraction of sp³-hybridized carbons (Fsp3) is 0.263. The summed E-state index contributed by atoms with van der Waals surface area (Å²) < 4.78 is 5.87. The maximum absolute atomic E-state index is 13.0. The van der Waals surface area contributed by atoms with Crippen molar-refractivity contribution >= 4 is 44.9 Å². The van der Waals surface area contributed by atoms with Crippen LogP contribution in [0.1, 0.15) is 17.7 Å². The van der Waals surface area contributed by atoms with Crippen LogP contribution in [0.25, 0.3) is 21.3 Å². The van der Waals surface area contributed by atoms with E-state index in [2.05, 4.69) is 20.5 Å². The fourth-order valence-corrected chi connectivity index (χ4v) is 4.02. The van der Waals surface area contributed by atoms with Gasteiger partial charge in [0.2, 0.25) is 0 Å². The van der Waals surface area contributed by atoms with Gasteiger partial charge >= 0.3 is 5.97 Å². The lowest BCUT2D eigenvalue weighted by Crippen LogP contribution is -2.39. The highest BCUT2D eigenvalue weighted by Gasteiger charge is 2.17. The zero-order valence-electron chi connectivity index (χ0n) is 15.5. The van der Waals surface area contributed by atoms with Gasteiger partial charge in [-0.1, -0.05) is 30.3 Å². The average molecular weight is 417 g/mol. The summed E-state index contributed by atoms with van der Waals surface area (Å²) in [6.07, 6.45) is 2.30. The number of nitrogens with zero attached hydrogens (tertiary/aromatic N) is 2. The Hall–Kier alpha value is -2.78. The Morgan fingerprint density at radius 2 is 2.07 bits per heavy atom. The van der Waals surface area contributed by atoms with E-state index >= 15 is 0 Å². The van der Waals surface area contributed by atoms with Crippen LogP contribution in [0.4, 0.5) is 0 Å². The maximum Gasteiger partial charge on any atom is 0.305 e. The summed E-state index contributed by atoms with van der Waals surface area (Å²) in [5.74, 6) is -0.271. The molecule has 7 nitrogen and oxygen atoms in total. The quantitative estimate of drug-likeness (QED) is 0.363. The van der Waals surface area contributed by atoms with E-state index in [1.54, 1.807) is 0 Å². The molecule has 1 aromatic carbocycles. The Kier molecular flexibility index (Phi) is 6.37. The third-order valence-electron chi connectivity index (χ3n) is 4.14. The molecule has 0 radical (unpaired) electrons. The van der Waals surface area contributed by atoms with Gasteiger partial charge in [0, 0.05) is 23.4 Å². The van der Waals surface area contributed by atoms with Crippen LogP contribution in [0, 0.1) is 6.92 Å². The second kappa shape index (κ2) is 8.94. The number of aryl methyl sites for hydroxylation is 1. The third-order valence-corrected chi connectivity index (χ3v) is 5.39. The van der Waals surface area contributed by atoms with Crippen molar-refractivity contribution in [3.05, 3.63) is 51.9 Å². The van der Waals surface area contributed by atoms with Crippen LogP contribution in [0.5, 0.6) is 0 Å². The molecule has 0 spiro atoms. The highest BCUT2D eigenvalue weighted by atomic mass is 32.1. The normalized spacial score (nSPS) is 10.6. The van der Waals surface area contributed by atoms with E-state index in [9.17, 15) is 9.59 Å². The molecule has 0 amide bonds. The SMILES string of the molecule is COC(=O)CCCNC(=S)Nn1cnc2sc(C)c(-c3ccccc3)c2c1=O. The standard InChI is InChI=1S/C19H20N4O3S2/c1-12-15(13-7-4-3-5-8-13)16-17(28-12)21-11-23(18(16)25)22-19(27)20-10-6-9-14(24)26-2/h3-5,7-8,11H,6,9-10H2,1-2H3,(H2,20,22,27). The number of esters is 1. The first-order valence-electron chi connectivity index (χ1n) is 8.69. The van der Waals surface area contributed by atoms with Crippen molar-refractivity contribution in [2.75, 3.05) is 19.1 Å². The van der Waals surface area contributed by atoms with Crippen LogP contribution in [0.3, 0.4) is 0 Å². The number of thiophene rings is 1. The van der Waals surface area contributed by atoms with Gasteiger partial charge in [0.1, 0.15) is 11.2 Å². The number of ether oxygens (including phenoxy) is 1. The molecule has 0 aliphatic heterocycles. The Labute approximate surface area is 171 Å². The minimum absolute atomic E-state index is 0.216. The topological polar surface area (TPSA) is 85.2 Å². The highest BCUT2D eigenvalue weighted by Crippen LogP contribution is 2.35. The lowest BCUT2D eigenvalue weighted by atomic mass is 10.0. The fourth-order valence-electron chi connectivity index (χ4n) is 2.82. The van der Waals surface area contributed by atoms with Crippen LogP contribution >= 0.6 is 23.6 Å². The van der Waals surface area contributed by atoms with E-state index in [0.29, 0.717) is 29.6 Å². The summed E-state index contributed by atoms with van der Waals surface area (Å²) in [4.78, 5) is 30.3. The van der Waals surface area contributed by atoms with Crippen molar-refractivity contribution in [2.45, 2.75) is 19.8 Å². The molecular weight excluding hydrogens is 396 g/mol. The lowest BCUT2D eigenvalue weighted by molar-refractivity contribution is -0.140. The van der Waals surface area contributed by atoms with Gasteiger partial charge in [-0.05, 0) is 31.1 Å². The molecule has 0 unspecified atom stereocenters. The van der Waals surface area contributed by atoms with Crippen LogP contribution in [-0.4, -0.2) is 34.4 Å². The molecular formula is C19H20N4O3S2. The number of hydrogen-bond acceptors (Lipinski definition) is 6. The summed E-state index contributed by atoms with van der Waals surface area (Å²) in [7, 11) is 1.35. The van der Waals surface area contributed by atoms with Crippen molar-refractivity contribution in [3.8, 4) is 11.1 Å². The molecule has 3 aromatic rings. The van der Waals surface area contributed by atoms with Gasteiger partial charge in [0.05, 0.1) is 12.5 Å². The third kappa shape index (κ3) is 4.37. The van der Waals surface area contributed by atoms with E-state index in [1.807, 2.05) is 37.3 Å². The first kappa shape index (κ1) is 20.0. The van der Waals surface area contributed by atoms with Gasteiger partial charge in [-0.2, -0.15) is 0 Å². The van der Waals surface area contributed by atoms with Crippen LogP contribution in [-0.2, 0) is 9.53 Å². The second-order valence-corrected chi connectivity index (χ2v) is 7.66. The van der Waals surface area contributed by atoms with Gasteiger partial charge in [0.15, 0.2) is 5.11 Å². The van der Waals surface area contributed by atoms with Gasteiger partial charge in [-0.15, -0.1) is 11.3 Å². The molecule has 0 atom stereocenters. The molecule has 3 rings (SSSR count). The van der Waals surface area contributed by atoms with Crippen LogP contribution in [0.2, 0.25) is 0 Å². The number of carbonyl (C=O) groups is 1. The summed E-state index contributed by atoms with van der Waals surface area (Å²) >= 11 is 6.73. The molecule has 0 aliphatic rings. The van der Waals surface area contributed by atoms with Crippen LogP contribution in [0.15, 0.2) is 41.5 Å². The molecule has 9 heteroatoms. The van der Waals surface area contributed by atoms with Crippen molar-refractivity contribution < 1.29 is 9.53 Å². The molecule has 2 heterocycles. The average Bonchev–Trinajstić information content (AvgIpc) is 3.04. The molecule has 2 N–H and O–H groups in total. The maximum atomic E-state index is 13.0. The first-order chi connectivity index (χ1) is 13.5. The lowest BCUT2D eigenvalue weighted by Gasteiger charge is -2.12. The molecule has 0 bridgehead atoms. The predicted octanol–water partition coefficient (Wildman–Crippen LogP) is 2.80. The number of aromatic nitrogens is 2.